The average molecular weight is 543 g/mol. The summed E-state index contributed by atoms with van der Waals surface area (Å²) in [5.74, 6) is 0.842. The van der Waals surface area contributed by atoms with E-state index in [2.05, 4.69) is 49.2 Å². The number of nitrogens with zero attached hydrogens (tertiary/aromatic N) is 4. The Morgan fingerprint density at radius 2 is 1.74 bits per heavy atom. The van der Waals surface area contributed by atoms with Gasteiger partial charge in [0.1, 0.15) is 16.5 Å². The third-order valence-electron chi connectivity index (χ3n) is 6.33. The lowest BCUT2D eigenvalue weighted by Crippen LogP contribution is -2.24. The van der Waals surface area contributed by atoms with Crippen LogP contribution in [0.1, 0.15) is 38.3 Å². The van der Waals surface area contributed by atoms with E-state index < -0.39 is 0 Å². The molecule has 1 aliphatic rings. The highest BCUT2D eigenvalue weighted by Gasteiger charge is 2.26. The molecule has 194 valence electrons. The summed E-state index contributed by atoms with van der Waals surface area (Å²) in [4.78, 5) is 10.6. The number of hydrazone groups is 1. The molecule has 0 amide bonds. The van der Waals surface area contributed by atoms with Crippen molar-refractivity contribution >= 4 is 39.0 Å². The lowest BCUT2D eigenvalue weighted by Gasteiger charge is -2.20. The number of hydrogen-bond donors (Lipinski definition) is 0. The highest BCUT2D eigenvalue weighted by atomic mass is 32.2. The fourth-order valence-electron chi connectivity index (χ4n) is 4.21. The molecule has 6 nitrogen and oxygen atoms in total. The second-order valence-electron chi connectivity index (χ2n) is 9.00. The van der Waals surface area contributed by atoms with Gasteiger partial charge >= 0.3 is 0 Å². The number of aromatic nitrogens is 1. The van der Waals surface area contributed by atoms with Gasteiger partial charge in [0.05, 0.1) is 26.9 Å². The van der Waals surface area contributed by atoms with Gasteiger partial charge in [0.25, 0.3) is 0 Å². The number of methoxy groups -OCH3 is 1. The van der Waals surface area contributed by atoms with Crippen LogP contribution in [0.15, 0.2) is 83.2 Å². The molecule has 0 fully saturated rings. The van der Waals surface area contributed by atoms with Crippen LogP contribution in [-0.2, 0) is 24.5 Å². The van der Waals surface area contributed by atoms with E-state index in [9.17, 15) is 0 Å². The summed E-state index contributed by atoms with van der Waals surface area (Å²) in [7, 11) is 1.67. The Morgan fingerprint density at radius 1 is 0.947 bits per heavy atom. The van der Waals surface area contributed by atoms with E-state index in [1.165, 1.54) is 5.56 Å². The minimum absolute atomic E-state index is 0.514. The fraction of sp³-hybridized carbons (Fsp3) is 0.233. The van der Waals surface area contributed by atoms with E-state index in [4.69, 9.17) is 19.6 Å². The summed E-state index contributed by atoms with van der Waals surface area (Å²) in [6, 6.07) is 20.5. The van der Waals surface area contributed by atoms with Gasteiger partial charge in [-0.05, 0) is 55.0 Å². The molecule has 0 unspecified atom stereocenters. The Kier molecular flexibility index (Phi) is 8.22. The first-order valence-electron chi connectivity index (χ1n) is 12.3. The molecule has 4 aromatic rings. The molecule has 0 bridgehead atoms. The lowest BCUT2D eigenvalue weighted by molar-refractivity contribution is 0.109. The minimum Gasteiger partial charge on any atom is -0.497 e. The third-order valence-corrected chi connectivity index (χ3v) is 8.15. The van der Waals surface area contributed by atoms with Crippen molar-refractivity contribution in [3.05, 3.63) is 111 Å². The van der Waals surface area contributed by atoms with Crippen LogP contribution >= 0.6 is 23.1 Å². The van der Waals surface area contributed by atoms with E-state index in [1.54, 1.807) is 36.4 Å². The lowest BCUT2D eigenvalue weighted by atomic mass is 9.99. The molecule has 1 aliphatic heterocycles. The number of aryl methyl sites for hydroxylation is 1. The van der Waals surface area contributed by atoms with Gasteiger partial charge < -0.3 is 9.47 Å². The maximum atomic E-state index is 6.14. The number of hydrogen-bond acceptors (Lipinski definition) is 8. The van der Waals surface area contributed by atoms with Crippen molar-refractivity contribution in [2.24, 2.45) is 10.1 Å². The Labute approximate surface area is 232 Å². The highest BCUT2D eigenvalue weighted by Crippen LogP contribution is 2.40. The zero-order valence-corrected chi connectivity index (χ0v) is 23.6. The van der Waals surface area contributed by atoms with E-state index in [0.29, 0.717) is 19.8 Å². The van der Waals surface area contributed by atoms with Crippen LogP contribution in [0.2, 0.25) is 0 Å². The quantitative estimate of drug-likeness (QED) is 0.238. The summed E-state index contributed by atoms with van der Waals surface area (Å²) >= 11 is 3.28. The molecule has 0 saturated heterocycles. The fourth-order valence-corrected chi connectivity index (χ4v) is 5.88. The van der Waals surface area contributed by atoms with E-state index >= 15 is 0 Å². The van der Waals surface area contributed by atoms with Gasteiger partial charge in [0.15, 0.2) is 5.17 Å². The number of ether oxygens (including phenoxy) is 2. The summed E-state index contributed by atoms with van der Waals surface area (Å²) in [6.45, 7) is 5.89. The van der Waals surface area contributed by atoms with Gasteiger partial charge in [-0.2, -0.15) is 5.10 Å². The second kappa shape index (κ2) is 11.9. The van der Waals surface area contributed by atoms with Crippen LogP contribution in [0.4, 0.5) is 5.00 Å². The molecule has 0 spiro atoms. The minimum atomic E-state index is 0.514. The molecule has 2 aromatic carbocycles. The van der Waals surface area contributed by atoms with Crippen molar-refractivity contribution in [3.8, 4) is 5.75 Å². The first kappa shape index (κ1) is 26.2. The topological polar surface area (TPSA) is 59.3 Å². The Bertz CT molecular complexity index is 1450. The Hall–Kier alpha value is -3.46. The number of amidine groups is 1. The van der Waals surface area contributed by atoms with E-state index in [0.717, 1.165) is 54.3 Å². The molecule has 0 radical (unpaired) electrons. The molecular weight excluding hydrogens is 512 g/mol. The van der Waals surface area contributed by atoms with Crippen molar-refractivity contribution in [2.45, 2.75) is 33.6 Å². The maximum Gasteiger partial charge on any atom is 0.185 e. The zero-order chi connectivity index (χ0) is 26.5. The van der Waals surface area contributed by atoms with Crippen LogP contribution < -0.4 is 4.74 Å². The smallest absolute Gasteiger partial charge is 0.185 e. The predicted octanol–water partition coefficient (Wildman–Crippen LogP) is 7.10. The average Bonchev–Trinajstić information content (AvgIpc) is 3.16. The second-order valence-corrected chi connectivity index (χ2v) is 10.9. The molecule has 0 saturated carbocycles. The zero-order valence-electron chi connectivity index (χ0n) is 22.0. The molecule has 8 heteroatoms. The number of fused-ring (bicyclic) bond motifs is 1. The normalized spacial score (nSPS) is 13.0. The predicted molar refractivity (Wildman–Crippen MR) is 158 cm³/mol. The van der Waals surface area contributed by atoms with Crippen molar-refractivity contribution in [2.75, 3.05) is 13.4 Å². The maximum absolute atomic E-state index is 6.14. The molecule has 38 heavy (non-hydrogen) atoms. The molecule has 5 rings (SSSR count). The van der Waals surface area contributed by atoms with Gasteiger partial charge in [-0.15, -0.1) is 11.3 Å². The number of rotatable bonds is 8. The van der Waals surface area contributed by atoms with Crippen LogP contribution in [0.25, 0.3) is 0 Å². The third kappa shape index (κ3) is 5.83. The molecule has 2 aromatic heterocycles. The van der Waals surface area contributed by atoms with Crippen molar-refractivity contribution < 1.29 is 9.47 Å². The van der Waals surface area contributed by atoms with Gasteiger partial charge in [0.2, 0.25) is 0 Å². The SMILES string of the molecule is COc1ccc(COCc2sc3c(c2C)C(c2ccc(C)cc2)=NN(Cc2cccnc2)C(SC)=N3)cc1. The van der Waals surface area contributed by atoms with Gasteiger partial charge in [-0.25, -0.2) is 10.0 Å². The first-order chi connectivity index (χ1) is 18.6. The number of pyridine rings is 1. The standard InChI is InChI=1S/C30H30N4O2S2/c1-20-7-11-24(12-8-20)28-27-21(2)26(19-36-18-22-9-13-25(35-3)14-10-22)38-29(27)32-30(37-4)34(33-28)17-23-6-5-15-31-16-23/h5-16H,17-19H2,1-4H3. The summed E-state index contributed by atoms with van der Waals surface area (Å²) in [6.07, 6.45) is 5.71. The monoisotopic (exact) mass is 542 g/mol. The first-order valence-corrected chi connectivity index (χ1v) is 14.4. The molecule has 0 atom stereocenters. The number of thiophene rings is 1. The summed E-state index contributed by atoms with van der Waals surface area (Å²) in [5.41, 5.74) is 7.62. The number of aliphatic imine (C=N–C) groups is 1. The molecule has 0 N–H and O–H groups in total. The van der Waals surface area contributed by atoms with Crippen molar-refractivity contribution in [1.82, 2.24) is 9.99 Å². The van der Waals surface area contributed by atoms with Crippen LogP contribution in [0, 0.1) is 13.8 Å². The van der Waals surface area contributed by atoms with E-state index in [1.807, 2.05) is 47.8 Å². The van der Waals surface area contributed by atoms with Crippen LogP contribution in [0.5, 0.6) is 5.75 Å². The number of benzene rings is 2. The van der Waals surface area contributed by atoms with Gasteiger partial charge in [0, 0.05) is 28.4 Å². The van der Waals surface area contributed by atoms with Crippen LogP contribution in [-0.4, -0.2) is 34.2 Å². The van der Waals surface area contributed by atoms with E-state index in [-0.39, 0.29) is 0 Å². The van der Waals surface area contributed by atoms with Crippen molar-refractivity contribution in [1.29, 1.82) is 0 Å². The largest absolute Gasteiger partial charge is 0.497 e. The Balaban J connectivity index is 1.48. The number of thioether (sulfide) groups is 1. The molecule has 0 aliphatic carbocycles. The highest BCUT2D eigenvalue weighted by molar-refractivity contribution is 8.13. The summed E-state index contributed by atoms with van der Waals surface area (Å²) < 4.78 is 11.4. The molecular formula is C30H30N4O2S2. The van der Waals surface area contributed by atoms with Gasteiger partial charge in [-0.3, -0.25) is 4.98 Å². The summed E-state index contributed by atoms with van der Waals surface area (Å²) in [5, 5.41) is 9.01. The van der Waals surface area contributed by atoms with Crippen LogP contribution in [0.3, 0.4) is 0 Å². The molecule has 3 heterocycles. The Morgan fingerprint density at radius 3 is 2.42 bits per heavy atom. The van der Waals surface area contributed by atoms with Gasteiger partial charge in [-0.1, -0.05) is 59.8 Å². The van der Waals surface area contributed by atoms with Crippen molar-refractivity contribution in [3.63, 3.8) is 0 Å².